The van der Waals surface area contributed by atoms with E-state index < -0.39 is 0 Å². The number of hydrogen-bond donors (Lipinski definition) is 1. The van der Waals surface area contributed by atoms with Crippen molar-refractivity contribution in [1.29, 1.82) is 0 Å². The molecule has 0 saturated carbocycles. The molecule has 3 heteroatoms. The van der Waals surface area contributed by atoms with Crippen LogP contribution in [0.2, 0.25) is 0 Å². The minimum absolute atomic E-state index is 0.557. The molecule has 2 aromatic carbocycles. The summed E-state index contributed by atoms with van der Waals surface area (Å²) in [5.74, 6) is 0.813. The smallest absolute Gasteiger partial charge is 0.119 e. The van der Waals surface area contributed by atoms with Gasteiger partial charge in [-0.2, -0.15) is 0 Å². The summed E-state index contributed by atoms with van der Waals surface area (Å²) < 4.78 is 5.83. The van der Waals surface area contributed by atoms with Gasteiger partial charge in [0.25, 0.3) is 0 Å². The number of hydrogen-bond acceptors (Lipinski definition) is 3. The molecule has 21 heavy (non-hydrogen) atoms. The summed E-state index contributed by atoms with van der Waals surface area (Å²) in [7, 11) is 0. The SMILES string of the molecule is CCC(=NO)c1ccc(OCc2cc(C)ccc2C)cc1. The number of nitrogens with zero attached hydrogens (tertiary/aromatic N) is 1. The van der Waals surface area contributed by atoms with Crippen LogP contribution in [0.4, 0.5) is 0 Å². The minimum atomic E-state index is 0.557. The van der Waals surface area contributed by atoms with Crippen molar-refractivity contribution in [2.75, 3.05) is 0 Å². The van der Waals surface area contributed by atoms with E-state index in [4.69, 9.17) is 9.94 Å². The lowest BCUT2D eigenvalue weighted by atomic mass is 10.1. The van der Waals surface area contributed by atoms with Gasteiger partial charge in [-0.3, -0.25) is 0 Å². The first-order valence-corrected chi connectivity index (χ1v) is 7.14. The first-order chi connectivity index (χ1) is 10.1. The lowest BCUT2D eigenvalue weighted by molar-refractivity contribution is 0.305. The third-order valence-electron chi connectivity index (χ3n) is 3.54. The summed E-state index contributed by atoms with van der Waals surface area (Å²) in [6.45, 7) is 6.69. The number of ether oxygens (including phenoxy) is 1. The standard InChI is InChI=1S/C18H21NO2/c1-4-18(19-20)15-7-9-17(10-8-15)21-12-16-11-13(2)5-6-14(16)3/h5-11,20H,4,12H2,1-3H3. The number of benzene rings is 2. The second-order valence-electron chi connectivity index (χ2n) is 5.14. The minimum Gasteiger partial charge on any atom is -0.489 e. The molecule has 0 heterocycles. The quantitative estimate of drug-likeness (QED) is 0.499. The van der Waals surface area contributed by atoms with Crippen LogP contribution >= 0.6 is 0 Å². The second kappa shape index (κ2) is 6.93. The van der Waals surface area contributed by atoms with Gasteiger partial charge in [-0.05, 0) is 61.2 Å². The van der Waals surface area contributed by atoms with Crippen LogP contribution in [0.1, 0.15) is 35.6 Å². The lowest BCUT2D eigenvalue weighted by Gasteiger charge is -2.10. The summed E-state index contributed by atoms with van der Waals surface area (Å²) in [6, 6.07) is 14.0. The maximum atomic E-state index is 8.91. The van der Waals surface area contributed by atoms with Gasteiger partial charge in [0.1, 0.15) is 12.4 Å². The highest BCUT2D eigenvalue weighted by atomic mass is 16.5. The summed E-state index contributed by atoms with van der Waals surface area (Å²) in [4.78, 5) is 0. The molecule has 0 bridgehead atoms. The van der Waals surface area contributed by atoms with Gasteiger partial charge in [-0.1, -0.05) is 35.8 Å². The Labute approximate surface area is 125 Å². The molecule has 1 N–H and O–H groups in total. The van der Waals surface area contributed by atoms with Crippen molar-refractivity contribution in [3.05, 3.63) is 64.7 Å². The van der Waals surface area contributed by atoms with Crippen LogP contribution in [0.25, 0.3) is 0 Å². The Balaban J connectivity index is 2.05. The highest BCUT2D eigenvalue weighted by molar-refractivity contribution is 6.00. The van der Waals surface area contributed by atoms with Gasteiger partial charge in [-0.15, -0.1) is 0 Å². The average molecular weight is 283 g/mol. The van der Waals surface area contributed by atoms with Crippen LogP contribution in [-0.4, -0.2) is 10.9 Å². The van der Waals surface area contributed by atoms with E-state index in [2.05, 4.69) is 37.2 Å². The first-order valence-electron chi connectivity index (χ1n) is 7.14. The molecule has 3 nitrogen and oxygen atoms in total. The fraction of sp³-hybridized carbons (Fsp3) is 0.278. The van der Waals surface area contributed by atoms with Crippen molar-refractivity contribution in [2.45, 2.75) is 33.8 Å². The molecular formula is C18H21NO2. The average Bonchev–Trinajstić information content (AvgIpc) is 2.51. The zero-order chi connectivity index (χ0) is 15.2. The van der Waals surface area contributed by atoms with E-state index in [1.807, 2.05) is 31.2 Å². The van der Waals surface area contributed by atoms with Crippen LogP contribution in [0.5, 0.6) is 5.75 Å². The Bertz CT molecular complexity index is 630. The van der Waals surface area contributed by atoms with Gasteiger partial charge in [0, 0.05) is 0 Å². The van der Waals surface area contributed by atoms with E-state index in [1.165, 1.54) is 16.7 Å². The predicted molar refractivity (Wildman–Crippen MR) is 85.3 cm³/mol. The predicted octanol–water partition coefficient (Wildman–Crippen LogP) is 4.47. The molecule has 0 aliphatic carbocycles. The zero-order valence-electron chi connectivity index (χ0n) is 12.8. The molecule has 2 aromatic rings. The Morgan fingerprint density at radius 1 is 1.10 bits per heavy atom. The van der Waals surface area contributed by atoms with Gasteiger partial charge in [-0.25, -0.2) is 0 Å². The largest absolute Gasteiger partial charge is 0.489 e. The van der Waals surface area contributed by atoms with Crippen LogP contribution in [0.3, 0.4) is 0 Å². The summed E-state index contributed by atoms with van der Waals surface area (Å²) in [5.41, 5.74) is 5.26. The molecule has 0 spiro atoms. The zero-order valence-corrected chi connectivity index (χ0v) is 12.8. The van der Waals surface area contributed by atoms with Crippen molar-refractivity contribution < 1.29 is 9.94 Å². The second-order valence-corrected chi connectivity index (χ2v) is 5.14. The van der Waals surface area contributed by atoms with Crippen molar-refractivity contribution in [3.8, 4) is 5.75 Å². The Morgan fingerprint density at radius 3 is 2.43 bits per heavy atom. The maximum absolute atomic E-state index is 8.91. The molecule has 2 rings (SSSR count). The molecule has 0 fully saturated rings. The third kappa shape index (κ3) is 3.85. The van der Waals surface area contributed by atoms with Crippen molar-refractivity contribution in [1.82, 2.24) is 0 Å². The molecule has 0 radical (unpaired) electrons. The molecule has 0 atom stereocenters. The Hall–Kier alpha value is -2.29. The van der Waals surface area contributed by atoms with Gasteiger partial charge in [0.15, 0.2) is 0 Å². The van der Waals surface area contributed by atoms with Gasteiger partial charge in [0.2, 0.25) is 0 Å². The summed E-state index contributed by atoms with van der Waals surface area (Å²) >= 11 is 0. The maximum Gasteiger partial charge on any atom is 0.119 e. The van der Waals surface area contributed by atoms with Crippen LogP contribution < -0.4 is 4.74 Å². The van der Waals surface area contributed by atoms with Gasteiger partial charge >= 0.3 is 0 Å². The van der Waals surface area contributed by atoms with E-state index in [0.29, 0.717) is 18.7 Å². The van der Waals surface area contributed by atoms with E-state index >= 15 is 0 Å². The van der Waals surface area contributed by atoms with Gasteiger partial charge in [0.05, 0.1) is 5.71 Å². The lowest BCUT2D eigenvalue weighted by Crippen LogP contribution is -2.00. The van der Waals surface area contributed by atoms with Crippen LogP contribution in [0, 0.1) is 13.8 Å². The Morgan fingerprint density at radius 2 is 1.81 bits per heavy atom. The highest BCUT2D eigenvalue weighted by Crippen LogP contribution is 2.17. The molecule has 0 aliphatic rings. The molecule has 110 valence electrons. The van der Waals surface area contributed by atoms with E-state index in [9.17, 15) is 0 Å². The summed E-state index contributed by atoms with van der Waals surface area (Å²) in [5, 5.41) is 12.2. The van der Waals surface area contributed by atoms with Crippen molar-refractivity contribution >= 4 is 5.71 Å². The van der Waals surface area contributed by atoms with E-state index in [-0.39, 0.29) is 0 Å². The molecule has 0 unspecified atom stereocenters. The fourth-order valence-electron chi connectivity index (χ4n) is 2.19. The highest BCUT2D eigenvalue weighted by Gasteiger charge is 2.04. The van der Waals surface area contributed by atoms with Crippen molar-refractivity contribution in [2.24, 2.45) is 5.16 Å². The number of oxime groups is 1. The fourth-order valence-corrected chi connectivity index (χ4v) is 2.19. The molecule has 0 aromatic heterocycles. The van der Waals surface area contributed by atoms with E-state index in [0.717, 1.165) is 11.3 Å². The van der Waals surface area contributed by atoms with Gasteiger partial charge < -0.3 is 9.94 Å². The normalized spacial score (nSPS) is 11.5. The van der Waals surface area contributed by atoms with Crippen molar-refractivity contribution in [3.63, 3.8) is 0 Å². The topological polar surface area (TPSA) is 41.8 Å². The third-order valence-corrected chi connectivity index (χ3v) is 3.54. The molecule has 0 amide bonds. The first kappa shape index (κ1) is 15.1. The number of aryl methyl sites for hydroxylation is 2. The monoisotopic (exact) mass is 283 g/mol. The molecule has 0 aliphatic heterocycles. The number of rotatable bonds is 5. The Kier molecular flexibility index (Phi) is 4.99. The van der Waals surface area contributed by atoms with Crippen LogP contribution in [0.15, 0.2) is 47.6 Å². The summed E-state index contributed by atoms with van der Waals surface area (Å²) in [6.07, 6.45) is 0.694. The molecule has 0 saturated heterocycles. The van der Waals surface area contributed by atoms with E-state index in [1.54, 1.807) is 0 Å². The molecular weight excluding hydrogens is 262 g/mol. The van der Waals surface area contributed by atoms with Crippen LogP contribution in [-0.2, 0) is 6.61 Å².